The number of aromatic nitrogens is 3. The first-order valence-electron chi connectivity index (χ1n) is 8.60. The Bertz CT molecular complexity index is 528. The van der Waals surface area contributed by atoms with E-state index in [1.807, 2.05) is 0 Å². The highest BCUT2D eigenvalue weighted by Crippen LogP contribution is 2.14. The lowest BCUT2D eigenvalue weighted by atomic mass is 10.4. The van der Waals surface area contributed by atoms with E-state index in [9.17, 15) is 0 Å². The van der Waals surface area contributed by atoms with E-state index in [0.717, 1.165) is 76.5 Å². The maximum atomic E-state index is 5.37. The molecule has 0 unspecified atom stereocenters. The van der Waals surface area contributed by atoms with Crippen LogP contribution in [0.25, 0.3) is 0 Å². The van der Waals surface area contributed by atoms with E-state index in [2.05, 4.69) is 42.2 Å². The van der Waals surface area contributed by atoms with Crippen molar-refractivity contribution in [1.29, 1.82) is 0 Å². The van der Waals surface area contributed by atoms with Crippen LogP contribution in [0.5, 0.6) is 0 Å². The summed E-state index contributed by atoms with van der Waals surface area (Å²) in [5, 5.41) is 15.2. The van der Waals surface area contributed by atoms with Gasteiger partial charge in [-0.15, -0.1) is 34.2 Å². The molecule has 0 saturated carbocycles. The van der Waals surface area contributed by atoms with Gasteiger partial charge in [0.25, 0.3) is 0 Å². The minimum atomic E-state index is 0. The highest BCUT2D eigenvalue weighted by Gasteiger charge is 2.16. The summed E-state index contributed by atoms with van der Waals surface area (Å²) >= 11 is 0. The second-order valence-electron chi connectivity index (χ2n) is 5.86. The van der Waals surface area contributed by atoms with E-state index in [0.29, 0.717) is 6.54 Å². The topological polar surface area (TPSA) is 79.6 Å². The summed E-state index contributed by atoms with van der Waals surface area (Å²) in [5.74, 6) is 2.90. The summed E-state index contributed by atoms with van der Waals surface area (Å²) < 4.78 is 7.56. The lowest BCUT2D eigenvalue weighted by molar-refractivity contribution is 0.0389. The Labute approximate surface area is 160 Å². The largest absolute Gasteiger partial charge is 0.379 e. The fourth-order valence-corrected chi connectivity index (χ4v) is 2.98. The van der Waals surface area contributed by atoms with Crippen molar-refractivity contribution >= 4 is 29.9 Å². The number of nitrogens with one attached hydrogen (secondary N) is 2. The summed E-state index contributed by atoms with van der Waals surface area (Å²) in [6.07, 6.45) is 2.20. The molecule has 3 rings (SSSR count). The predicted octanol–water partition coefficient (Wildman–Crippen LogP) is 0.230. The SMILES string of the molecule is CCNC(=NCc1nnc2n1CCC2)NCCN1CCOCC1.I. The van der Waals surface area contributed by atoms with E-state index in [1.54, 1.807) is 0 Å². The van der Waals surface area contributed by atoms with E-state index in [4.69, 9.17) is 4.74 Å². The van der Waals surface area contributed by atoms with Gasteiger partial charge in [-0.3, -0.25) is 4.90 Å². The Kier molecular flexibility index (Phi) is 8.19. The molecule has 1 aromatic rings. The molecule has 1 aromatic heterocycles. The fraction of sp³-hybridized carbons (Fsp3) is 0.800. The first-order chi connectivity index (χ1) is 11.4. The van der Waals surface area contributed by atoms with Gasteiger partial charge in [-0.05, 0) is 13.3 Å². The van der Waals surface area contributed by atoms with Gasteiger partial charge in [-0.1, -0.05) is 0 Å². The monoisotopic (exact) mass is 449 g/mol. The number of rotatable bonds is 6. The second kappa shape index (κ2) is 10.1. The van der Waals surface area contributed by atoms with Crippen molar-refractivity contribution in [2.45, 2.75) is 32.9 Å². The first-order valence-corrected chi connectivity index (χ1v) is 8.60. The summed E-state index contributed by atoms with van der Waals surface area (Å²) in [5.41, 5.74) is 0. The van der Waals surface area contributed by atoms with Gasteiger partial charge in [0, 0.05) is 45.7 Å². The van der Waals surface area contributed by atoms with E-state index >= 15 is 0 Å². The Hall–Kier alpha value is -0.940. The van der Waals surface area contributed by atoms with Crippen LogP contribution >= 0.6 is 24.0 Å². The Balaban J connectivity index is 0.00000208. The molecule has 0 bridgehead atoms. The Morgan fingerprint density at radius 3 is 2.83 bits per heavy atom. The van der Waals surface area contributed by atoms with Gasteiger partial charge in [0.05, 0.1) is 13.2 Å². The van der Waals surface area contributed by atoms with Crippen LogP contribution in [-0.4, -0.2) is 71.6 Å². The standard InChI is InChI=1S/C15H27N7O.HI/c1-2-16-15(17-5-7-21-8-10-23-11-9-21)18-12-14-20-19-13-4-3-6-22(13)14;/h2-12H2,1H3,(H2,16,17,18);1H. The van der Waals surface area contributed by atoms with E-state index in [1.165, 1.54) is 6.42 Å². The highest BCUT2D eigenvalue weighted by atomic mass is 127. The summed E-state index contributed by atoms with van der Waals surface area (Å²) in [4.78, 5) is 7.05. The van der Waals surface area contributed by atoms with Crippen LogP contribution in [0.1, 0.15) is 25.0 Å². The number of hydrogen-bond donors (Lipinski definition) is 2. The van der Waals surface area contributed by atoms with Crippen molar-refractivity contribution in [3.05, 3.63) is 11.6 Å². The third-order valence-electron chi connectivity index (χ3n) is 4.23. The number of aliphatic imine (C=N–C) groups is 1. The molecule has 1 saturated heterocycles. The minimum Gasteiger partial charge on any atom is -0.379 e. The van der Waals surface area contributed by atoms with Crippen molar-refractivity contribution in [2.24, 2.45) is 4.99 Å². The zero-order valence-corrected chi connectivity index (χ0v) is 16.7. The number of morpholine rings is 1. The zero-order valence-electron chi connectivity index (χ0n) is 14.3. The average Bonchev–Trinajstić information content (AvgIpc) is 3.17. The molecular formula is C15H28IN7O. The maximum Gasteiger partial charge on any atom is 0.191 e. The molecule has 2 aliphatic heterocycles. The van der Waals surface area contributed by atoms with Crippen molar-refractivity contribution in [2.75, 3.05) is 45.9 Å². The third-order valence-corrected chi connectivity index (χ3v) is 4.23. The van der Waals surface area contributed by atoms with Gasteiger partial charge >= 0.3 is 0 Å². The predicted molar refractivity (Wildman–Crippen MR) is 104 cm³/mol. The van der Waals surface area contributed by atoms with Crippen LogP contribution in [0.4, 0.5) is 0 Å². The lowest BCUT2D eigenvalue weighted by Crippen LogP contribution is -2.44. The molecule has 24 heavy (non-hydrogen) atoms. The van der Waals surface area contributed by atoms with Crippen LogP contribution in [0.3, 0.4) is 0 Å². The second-order valence-corrected chi connectivity index (χ2v) is 5.86. The maximum absolute atomic E-state index is 5.37. The quantitative estimate of drug-likeness (QED) is 0.368. The van der Waals surface area contributed by atoms with Gasteiger partial charge in [0.2, 0.25) is 0 Å². The van der Waals surface area contributed by atoms with Crippen molar-refractivity contribution < 1.29 is 4.74 Å². The normalized spacial score (nSPS) is 18.1. The van der Waals surface area contributed by atoms with E-state index in [-0.39, 0.29) is 24.0 Å². The molecule has 2 aliphatic rings. The van der Waals surface area contributed by atoms with Gasteiger partial charge in [-0.25, -0.2) is 4.99 Å². The first kappa shape index (κ1) is 19.4. The Morgan fingerprint density at radius 2 is 2.04 bits per heavy atom. The van der Waals surface area contributed by atoms with Crippen LogP contribution in [0.15, 0.2) is 4.99 Å². The molecule has 0 radical (unpaired) electrons. The van der Waals surface area contributed by atoms with Gasteiger partial charge < -0.3 is 19.9 Å². The molecular weight excluding hydrogens is 421 g/mol. The summed E-state index contributed by atoms with van der Waals surface area (Å²) in [6.45, 7) is 10.1. The zero-order chi connectivity index (χ0) is 15.9. The number of hydrogen-bond acceptors (Lipinski definition) is 5. The molecule has 136 valence electrons. The third kappa shape index (κ3) is 5.28. The molecule has 2 N–H and O–H groups in total. The number of halogens is 1. The highest BCUT2D eigenvalue weighted by molar-refractivity contribution is 14.0. The van der Waals surface area contributed by atoms with E-state index < -0.39 is 0 Å². The molecule has 8 nitrogen and oxygen atoms in total. The number of aryl methyl sites for hydroxylation is 1. The molecule has 0 amide bonds. The van der Waals surface area contributed by atoms with Crippen LogP contribution in [-0.2, 0) is 24.2 Å². The number of nitrogens with zero attached hydrogens (tertiary/aromatic N) is 5. The fourth-order valence-electron chi connectivity index (χ4n) is 2.98. The van der Waals surface area contributed by atoms with Crippen LogP contribution in [0.2, 0.25) is 0 Å². The molecule has 3 heterocycles. The summed E-state index contributed by atoms with van der Waals surface area (Å²) in [7, 11) is 0. The smallest absolute Gasteiger partial charge is 0.191 e. The molecule has 0 spiro atoms. The lowest BCUT2D eigenvalue weighted by Gasteiger charge is -2.26. The van der Waals surface area contributed by atoms with Gasteiger partial charge in [0.1, 0.15) is 12.4 Å². The minimum absolute atomic E-state index is 0. The Morgan fingerprint density at radius 1 is 1.21 bits per heavy atom. The van der Waals surface area contributed by atoms with Crippen LogP contribution in [0, 0.1) is 0 Å². The molecule has 0 aromatic carbocycles. The van der Waals surface area contributed by atoms with Crippen LogP contribution < -0.4 is 10.6 Å². The van der Waals surface area contributed by atoms with Crippen molar-refractivity contribution in [3.8, 4) is 0 Å². The molecule has 0 atom stereocenters. The molecule has 0 aliphatic carbocycles. The van der Waals surface area contributed by atoms with Crippen molar-refractivity contribution in [1.82, 2.24) is 30.3 Å². The number of guanidine groups is 1. The van der Waals surface area contributed by atoms with Gasteiger partial charge in [0.15, 0.2) is 11.8 Å². The number of fused-ring (bicyclic) bond motifs is 1. The number of ether oxygens (including phenoxy) is 1. The molecule has 1 fully saturated rings. The average molecular weight is 449 g/mol. The summed E-state index contributed by atoms with van der Waals surface area (Å²) in [6, 6.07) is 0. The molecule has 9 heteroatoms. The van der Waals surface area contributed by atoms with Crippen molar-refractivity contribution in [3.63, 3.8) is 0 Å². The van der Waals surface area contributed by atoms with Gasteiger partial charge in [-0.2, -0.15) is 0 Å².